The number of nitrogens with one attached hydrogen (secondary N) is 2. The molecular formula is C13H18N2O3S. The van der Waals surface area contributed by atoms with Crippen molar-refractivity contribution in [1.82, 2.24) is 10.6 Å². The van der Waals surface area contributed by atoms with Crippen molar-refractivity contribution in [2.45, 2.75) is 31.2 Å². The number of phenols is 1. The van der Waals surface area contributed by atoms with Gasteiger partial charge in [-0.15, -0.1) is 11.8 Å². The summed E-state index contributed by atoms with van der Waals surface area (Å²) in [6, 6.07) is 6.22. The summed E-state index contributed by atoms with van der Waals surface area (Å²) in [5.41, 5.74) is -0.394. The number of carbonyl (C=O) groups is 2. The minimum absolute atomic E-state index is 0.0646. The van der Waals surface area contributed by atoms with Gasteiger partial charge in [0.05, 0.1) is 5.75 Å². The summed E-state index contributed by atoms with van der Waals surface area (Å²) >= 11 is 1.17. The molecule has 0 aromatic heterocycles. The topological polar surface area (TPSA) is 78.4 Å². The number of urea groups is 1. The first-order valence-electron chi connectivity index (χ1n) is 5.81. The average Bonchev–Trinajstić information content (AvgIpc) is 2.25. The second-order valence-corrected chi connectivity index (χ2v) is 6.03. The van der Waals surface area contributed by atoms with Gasteiger partial charge in [-0.05, 0) is 32.9 Å². The summed E-state index contributed by atoms with van der Waals surface area (Å²) in [5, 5.41) is 14.4. The predicted molar refractivity (Wildman–Crippen MR) is 75.3 cm³/mol. The van der Waals surface area contributed by atoms with Crippen molar-refractivity contribution in [3.63, 3.8) is 0 Å². The van der Waals surface area contributed by atoms with E-state index >= 15 is 0 Å². The smallest absolute Gasteiger partial charge is 0.321 e. The van der Waals surface area contributed by atoms with Gasteiger partial charge in [-0.3, -0.25) is 10.1 Å². The number of thioether (sulfide) groups is 1. The Labute approximate surface area is 116 Å². The van der Waals surface area contributed by atoms with E-state index in [-0.39, 0.29) is 11.5 Å². The number of imide groups is 1. The van der Waals surface area contributed by atoms with Gasteiger partial charge in [-0.25, -0.2) is 4.79 Å². The molecule has 0 bridgehead atoms. The van der Waals surface area contributed by atoms with Gasteiger partial charge in [-0.2, -0.15) is 0 Å². The largest absolute Gasteiger partial charge is 0.507 e. The number of benzene rings is 1. The van der Waals surface area contributed by atoms with Crippen LogP contribution in [0.5, 0.6) is 5.75 Å². The van der Waals surface area contributed by atoms with Crippen LogP contribution in [-0.2, 0) is 4.79 Å². The molecule has 3 N–H and O–H groups in total. The fourth-order valence-corrected chi connectivity index (χ4v) is 2.01. The molecule has 1 rings (SSSR count). The standard InChI is InChI=1S/C13H18N2O3S/c1-13(2,3)15-12(18)14-11(17)8-19-10-7-5-4-6-9(10)16/h4-7,16H,8H2,1-3H3,(H2,14,15,17,18). The van der Waals surface area contributed by atoms with E-state index in [9.17, 15) is 14.7 Å². The lowest BCUT2D eigenvalue weighted by Gasteiger charge is -2.20. The van der Waals surface area contributed by atoms with Crippen molar-refractivity contribution in [2.75, 3.05) is 5.75 Å². The highest BCUT2D eigenvalue weighted by atomic mass is 32.2. The summed E-state index contributed by atoms with van der Waals surface area (Å²) in [7, 11) is 0. The highest BCUT2D eigenvalue weighted by molar-refractivity contribution is 8.00. The molecule has 0 unspecified atom stereocenters. The molecule has 19 heavy (non-hydrogen) atoms. The van der Waals surface area contributed by atoms with Gasteiger partial charge in [0.15, 0.2) is 0 Å². The Balaban J connectivity index is 2.40. The Kier molecular flexibility index (Phi) is 5.23. The van der Waals surface area contributed by atoms with Crippen LogP contribution in [0.4, 0.5) is 4.79 Å². The third-order valence-corrected chi connectivity index (χ3v) is 3.03. The fourth-order valence-electron chi connectivity index (χ4n) is 1.26. The van der Waals surface area contributed by atoms with Crippen LogP contribution in [0.3, 0.4) is 0 Å². The summed E-state index contributed by atoms with van der Waals surface area (Å²) in [5.74, 6) is -0.218. The van der Waals surface area contributed by atoms with E-state index in [0.717, 1.165) is 0 Å². The number of para-hydroxylation sites is 1. The van der Waals surface area contributed by atoms with Gasteiger partial charge in [0, 0.05) is 10.4 Å². The zero-order valence-electron chi connectivity index (χ0n) is 11.2. The molecule has 0 saturated carbocycles. The Morgan fingerprint density at radius 1 is 1.26 bits per heavy atom. The lowest BCUT2D eigenvalue weighted by atomic mass is 10.1. The summed E-state index contributed by atoms with van der Waals surface area (Å²) in [4.78, 5) is 23.6. The first-order chi connectivity index (χ1) is 8.78. The first kappa shape index (κ1) is 15.4. The first-order valence-corrected chi connectivity index (χ1v) is 6.79. The molecule has 1 aromatic rings. The van der Waals surface area contributed by atoms with E-state index in [2.05, 4.69) is 10.6 Å². The van der Waals surface area contributed by atoms with Crippen molar-refractivity contribution in [3.8, 4) is 5.75 Å². The van der Waals surface area contributed by atoms with Crippen LogP contribution in [0.15, 0.2) is 29.2 Å². The van der Waals surface area contributed by atoms with Gasteiger partial charge < -0.3 is 10.4 Å². The Bertz CT molecular complexity index is 469. The maximum absolute atomic E-state index is 11.5. The summed E-state index contributed by atoms with van der Waals surface area (Å²) < 4.78 is 0. The second kappa shape index (κ2) is 6.47. The maximum Gasteiger partial charge on any atom is 0.321 e. The fraction of sp³-hybridized carbons (Fsp3) is 0.385. The van der Waals surface area contributed by atoms with Gasteiger partial charge in [0.25, 0.3) is 0 Å². The number of hydrogen-bond donors (Lipinski definition) is 3. The van der Waals surface area contributed by atoms with E-state index in [1.165, 1.54) is 11.8 Å². The molecule has 104 valence electrons. The number of rotatable bonds is 3. The van der Waals surface area contributed by atoms with Gasteiger partial charge in [0.2, 0.25) is 5.91 Å². The zero-order chi connectivity index (χ0) is 14.5. The molecule has 0 fully saturated rings. The third kappa shape index (κ3) is 6.15. The molecule has 0 aliphatic heterocycles. The molecular weight excluding hydrogens is 264 g/mol. The van der Waals surface area contributed by atoms with Crippen LogP contribution >= 0.6 is 11.8 Å². The molecule has 0 aliphatic rings. The predicted octanol–water partition coefficient (Wildman–Crippen LogP) is 2.11. The lowest BCUT2D eigenvalue weighted by molar-refractivity contribution is -0.117. The lowest BCUT2D eigenvalue weighted by Crippen LogP contribution is -2.48. The quantitative estimate of drug-likeness (QED) is 0.742. The minimum Gasteiger partial charge on any atom is -0.507 e. The van der Waals surface area contributed by atoms with Crippen LogP contribution in [0, 0.1) is 0 Å². The Hall–Kier alpha value is -1.69. The molecule has 0 heterocycles. The number of hydrogen-bond acceptors (Lipinski definition) is 4. The highest BCUT2D eigenvalue weighted by Crippen LogP contribution is 2.27. The second-order valence-electron chi connectivity index (χ2n) is 5.01. The van der Waals surface area contributed by atoms with Crippen molar-refractivity contribution in [1.29, 1.82) is 0 Å². The molecule has 0 aliphatic carbocycles. The summed E-state index contributed by atoms with van der Waals surface area (Å²) in [6.07, 6.45) is 0. The SMILES string of the molecule is CC(C)(C)NC(=O)NC(=O)CSc1ccccc1O. The van der Waals surface area contributed by atoms with Gasteiger partial charge in [-0.1, -0.05) is 12.1 Å². The van der Waals surface area contributed by atoms with Crippen LogP contribution in [-0.4, -0.2) is 28.3 Å². The molecule has 6 heteroatoms. The van der Waals surface area contributed by atoms with E-state index in [0.29, 0.717) is 4.90 Å². The van der Waals surface area contributed by atoms with Crippen LogP contribution in [0.25, 0.3) is 0 Å². The van der Waals surface area contributed by atoms with E-state index in [1.54, 1.807) is 24.3 Å². The van der Waals surface area contributed by atoms with E-state index in [1.807, 2.05) is 20.8 Å². The van der Waals surface area contributed by atoms with Crippen LogP contribution in [0.2, 0.25) is 0 Å². The normalized spacial score (nSPS) is 10.9. The zero-order valence-corrected chi connectivity index (χ0v) is 12.0. The van der Waals surface area contributed by atoms with Crippen molar-refractivity contribution < 1.29 is 14.7 Å². The number of carbonyl (C=O) groups excluding carboxylic acids is 2. The molecule has 3 amide bonds. The molecule has 5 nitrogen and oxygen atoms in total. The van der Waals surface area contributed by atoms with Crippen molar-refractivity contribution >= 4 is 23.7 Å². The minimum atomic E-state index is -0.518. The van der Waals surface area contributed by atoms with E-state index < -0.39 is 17.5 Å². The third-order valence-electron chi connectivity index (χ3n) is 1.97. The number of phenolic OH excluding ortho intramolecular Hbond substituents is 1. The van der Waals surface area contributed by atoms with Gasteiger partial charge >= 0.3 is 6.03 Å². The number of amides is 3. The average molecular weight is 282 g/mol. The Morgan fingerprint density at radius 3 is 2.47 bits per heavy atom. The molecule has 0 atom stereocenters. The van der Waals surface area contributed by atoms with Crippen LogP contribution in [0.1, 0.15) is 20.8 Å². The monoisotopic (exact) mass is 282 g/mol. The molecule has 0 saturated heterocycles. The molecule has 0 spiro atoms. The van der Waals surface area contributed by atoms with Crippen molar-refractivity contribution in [3.05, 3.63) is 24.3 Å². The summed E-state index contributed by atoms with van der Waals surface area (Å²) in [6.45, 7) is 5.48. The van der Waals surface area contributed by atoms with Crippen LogP contribution < -0.4 is 10.6 Å². The molecule has 1 aromatic carbocycles. The number of aromatic hydroxyl groups is 1. The van der Waals surface area contributed by atoms with Gasteiger partial charge in [0.1, 0.15) is 5.75 Å². The molecule has 0 radical (unpaired) electrons. The van der Waals surface area contributed by atoms with E-state index in [4.69, 9.17) is 0 Å². The van der Waals surface area contributed by atoms with Crippen molar-refractivity contribution in [2.24, 2.45) is 0 Å². The maximum atomic E-state index is 11.5. The highest BCUT2D eigenvalue weighted by Gasteiger charge is 2.15. The Morgan fingerprint density at radius 2 is 1.89 bits per heavy atom.